The van der Waals surface area contributed by atoms with E-state index in [1.54, 1.807) is 12.1 Å². The third kappa shape index (κ3) is 3.07. The summed E-state index contributed by atoms with van der Waals surface area (Å²) in [5.74, 6) is 0.0871. The Hall–Kier alpha value is -2.89. The Balaban J connectivity index is 1.64. The first-order valence-corrected chi connectivity index (χ1v) is 11.2. The predicted octanol–water partition coefficient (Wildman–Crippen LogP) is 4.46. The van der Waals surface area contributed by atoms with E-state index in [1.807, 2.05) is 67.6 Å². The van der Waals surface area contributed by atoms with Crippen molar-refractivity contribution in [3.63, 3.8) is 0 Å². The fourth-order valence-electron chi connectivity index (χ4n) is 4.31. The molecule has 146 valence electrons. The molecule has 5 rings (SSSR count). The molecule has 2 atom stereocenters. The van der Waals surface area contributed by atoms with E-state index in [-0.39, 0.29) is 12.0 Å². The van der Waals surface area contributed by atoms with Gasteiger partial charge in [0.15, 0.2) is 0 Å². The second kappa shape index (κ2) is 6.87. The molecule has 0 saturated carbocycles. The zero-order chi connectivity index (χ0) is 20.0. The second-order valence-corrected chi connectivity index (χ2v) is 9.50. The highest BCUT2D eigenvalue weighted by atomic mass is 32.2. The first-order valence-electron chi connectivity index (χ1n) is 9.77. The normalized spacial score (nSPS) is 21.1. The molecule has 0 amide bonds. The molecule has 0 saturated heterocycles. The maximum absolute atomic E-state index is 13.7. The van der Waals surface area contributed by atoms with E-state index in [0.29, 0.717) is 4.90 Å². The second-order valence-electron chi connectivity index (χ2n) is 7.68. The van der Waals surface area contributed by atoms with E-state index >= 15 is 0 Å². The van der Waals surface area contributed by atoms with Crippen molar-refractivity contribution in [3.8, 4) is 0 Å². The highest BCUT2D eigenvalue weighted by Crippen LogP contribution is 2.45. The van der Waals surface area contributed by atoms with Crippen LogP contribution in [0, 0.1) is 12.8 Å². The maximum atomic E-state index is 13.7. The van der Waals surface area contributed by atoms with E-state index in [0.717, 1.165) is 28.8 Å². The number of hydrogen-bond donors (Lipinski definition) is 1. The van der Waals surface area contributed by atoms with E-state index in [1.165, 1.54) is 9.98 Å². The molecular weight excluding hydrogens is 380 g/mol. The van der Waals surface area contributed by atoms with Gasteiger partial charge in [-0.05, 0) is 42.2 Å². The summed E-state index contributed by atoms with van der Waals surface area (Å²) in [6.45, 7) is 1.95. The molecule has 4 nitrogen and oxygen atoms in total. The molecule has 0 bridgehead atoms. The Morgan fingerprint density at radius 3 is 2.34 bits per heavy atom. The van der Waals surface area contributed by atoms with Gasteiger partial charge in [-0.3, -0.25) is 0 Å². The lowest BCUT2D eigenvalue weighted by atomic mass is 9.96. The van der Waals surface area contributed by atoms with Crippen LogP contribution in [0.25, 0.3) is 5.70 Å². The molecule has 1 heterocycles. The number of rotatable bonds is 3. The molecule has 0 spiro atoms. The van der Waals surface area contributed by atoms with Gasteiger partial charge in [0.1, 0.15) is 0 Å². The lowest BCUT2D eigenvalue weighted by Gasteiger charge is -2.37. The highest BCUT2D eigenvalue weighted by molar-refractivity contribution is 7.89. The van der Waals surface area contributed by atoms with Gasteiger partial charge >= 0.3 is 0 Å². The van der Waals surface area contributed by atoms with Crippen molar-refractivity contribution in [1.29, 1.82) is 0 Å². The Labute approximate surface area is 171 Å². The number of fused-ring (bicyclic) bond motifs is 3. The number of nitrogens with zero attached hydrogens (tertiary/aromatic N) is 1. The van der Waals surface area contributed by atoms with Crippen molar-refractivity contribution in [2.24, 2.45) is 5.92 Å². The lowest BCUT2D eigenvalue weighted by Crippen LogP contribution is -2.48. The average molecular weight is 403 g/mol. The molecule has 29 heavy (non-hydrogen) atoms. The van der Waals surface area contributed by atoms with Crippen LogP contribution in [0.2, 0.25) is 0 Å². The smallest absolute Gasteiger partial charge is 0.260 e. The Morgan fingerprint density at radius 2 is 1.59 bits per heavy atom. The summed E-state index contributed by atoms with van der Waals surface area (Å²) in [7, 11) is -3.74. The first kappa shape index (κ1) is 18.2. The van der Waals surface area contributed by atoms with Gasteiger partial charge in [-0.2, -0.15) is 0 Å². The monoisotopic (exact) mass is 402 g/mol. The summed E-state index contributed by atoms with van der Waals surface area (Å²) in [6.07, 6.45) is 3.01. The fourth-order valence-corrected chi connectivity index (χ4v) is 5.80. The van der Waals surface area contributed by atoms with Crippen LogP contribution in [0.3, 0.4) is 0 Å². The molecule has 3 aromatic rings. The van der Waals surface area contributed by atoms with Crippen LogP contribution >= 0.6 is 0 Å². The van der Waals surface area contributed by atoms with Crippen LogP contribution < -0.4 is 5.43 Å². The molecule has 2 unspecified atom stereocenters. The van der Waals surface area contributed by atoms with Crippen molar-refractivity contribution in [1.82, 2.24) is 9.84 Å². The molecule has 3 aromatic carbocycles. The topological polar surface area (TPSA) is 49.4 Å². The third-order valence-corrected chi connectivity index (χ3v) is 7.47. The standard InChI is InChI=1S/C24H22N2O2S/c1-17-11-13-21(14-12-17)29(27,28)26-24-20(15-19-9-5-6-10-22(19)24)16-23(25-26)18-7-3-2-4-8-18/h2-14,16,20,24-25H,15H2,1H3. The average Bonchev–Trinajstić information content (AvgIpc) is 3.12. The summed E-state index contributed by atoms with van der Waals surface area (Å²) in [4.78, 5) is 0.299. The fraction of sp³-hybridized carbons (Fsp3) is 0.167. The third-order valence-electron chi connectivity index (χ3n) is 5.76. The zero-order valence-corrected chi connectivity index (χ0v) is 16.9. The molecule has 1 aliphatic carbocycles. The molecule has 0 aromatic heterocycles. The van der Waals surface area contributed by atoms with Crippen LogP contribution in [-0.4, -0.2) is 12.8 Å². The van der Waals surface area contributed by atoms with Gasteiger partial charge in [0.05, 0.1) is 16.6 Å². The number of nitrogens with one attached hydrogen (secondary N) is 1. The summed E-state index contributed by atoms with van der Waals surface area (Å²) < 4.78 is 28.8. The highest BCUT2D eigenvalue weighted by Gasteiger charge is 2.44. The molecule has 2 aliphatic rings. The van der Waals surface area contributed by atoms with Gasteiger partial charge in [0.25, 0.3) is 10.0 Å². The van der Waals surface area contributed by atoms with Gasteiger partial charge in [-0.25, -0.2) is 8.42 Å². The Kier molecular flexibility index (Phi) is 4.30. The zero-order valence-electron chi connectivity index (χ0n) is 16.1. The van der Waals surface area contributed by atoms with E-state index < -0.39 is 10.0 Å². The minimum absolute atomic E-state index is 0.0871. The Morgan fingerprint density at radius 1 is 0.897 bits per heavy atom. The quantitative estimate of drug-likeness (QED) is 0.704. The minimum Gasteiger partial charge on any atom is -0.304 e. The largest absolute Gasteiger partial charge is 0.304 e. The molecular formula is C24H22N2O2S. The van der Waals surface area contributed by atoms with Crippen LogP contribution in [0.15, 0.2) is 89.8 Å². The molecule has 1 aliphatic heterocycles. The number of hydrogen-bond acceptors (Lipinski definition) is 3. The Bertz CT molecular complexity index is 1190. The van der Waals surface area contributed by atoms with Crippen LogP contribution in [-0.2, 0) is 16.4 Å². The summed E-state index contributed by atoms with van der Waals surface area (Å²) in [5, 5.41) is 0. The molecule has 0 radical (unpaired) electrons. The number of aryl methyl sites for hydroxylation is 1. The first-order chi connectivity index (χ1) is 14.0. The van der Waals surface area contributed by atoms with E-state index in [9.17, 15) is 8.42 Å². The number of sulfonamides is 1. The lowest BCUT2D eigenvalue weighted by molar-refractivity contribution is 0.234. The summed E-state index contributed by atoms with van der Waals surface area (Å²) in [6, 6.07) is 24.8. The van der Waals surface area contributed by atoms with Crippen molar-refractivity contribution in [2.75, 3.05) is 0 Å². The van der Waals surface area contributed by atoms with Crippen LogP contribution in [0.1, 0.15) is 28.3 Å². The van der Waals surface area contributed by atoms with Gasteiger partial charge in [-0.1, -0.05) is 78.4 Å². The number of benzene rings is 3. The SMILES string of the molecule is Cc1ccc(S(=O)(=O)N2NC(c3ccccc3)=CC3Cc4ccccc4C32)cc1. The molecule has 0 fully saturated rings. The molecule has 1 N–H and O–H groups in total. The van der Waals surface area contributed by atoms with Gasteiger partial charge in [0.2, 0.25) is 0 Å². The van der Waals surface area contributed by atoms with Gasteiger partial charge in [0, 0.05) is 5.92 Å². The van der Waals surface area contributed by atoms with Crippen molar-refractivity contribution < 1.29 is 8.42 Å². The minimum atomic E-state index is -3.74. The molecule has 5 heteroatoms. The maximum Gasteiger partial charge on any atom is 0.260 e. The summed E-state index contributed by atoms with van der Waals surface area (Å²) in [5.41, 5.74) is 8.36. The van der Waals surface area contributed by atoms with Crippen LogP contribution in [0.5, 0.6) is 0 Å². The van der Waals surface area contributed by atoms with Crippen LogP contribution in [0.4, 0.5) is 0 Å². The van der Waals surface area contributed by atoms with Crippen molar-refractivity contribution in [3.05, 3.63) is 107 Å². The van der Waals surface area contributed by atoms with Crippen molar-refractivity contribution >= 4 is 15.7 Å². The van der Waals surface area contributed by atoms with Gasteiger partial charge < -0.3 is 5.43 Å². The predicted molar refractivity (Wildman–Crippen MR) is 114 cm³/mol. The number of hydrazine groups is 1. The van der Waals surface area contributed by atoms with Crippen molar-refractivity contribution in [2.45, 2.75) is 24.3 Å². The summed E-state index contributed by atoms with van der Waals surface area (Å²) >= 11 is 0. The van der Waals surface area contributed by atoms with E-state index in [2.05, 4.69) is 17.6 Å². The van der Waals surface area contributed by atoms with E-state index in [4.69, 9.17) is 0 Å². The van der Waals surface area contributed by atoms with Gasteiger partial charge in [-0.15, -0.1) is 4.41 Å².